The van der Waals surface area contributed by atoms with Crippen molar-refractivity contribution in [2.45, 2.75) is 44.1 Å². The van der Waals surface area contributed by atoms with E-state index in [9.17, 15) is 0 Å². The fourth-order valence-corrected chi connectivity index (χ4v) is 7.31. The van der Waals surface area contributed by atoms with Gasteiger partial charge < -0.3 is 0 Å². The van der Waals surface area contributed by atoms with E-state index in [4.69, 9.17) is 0 Å². The van der Waals surface area contributed by atoms with Gasteiger partial charge in [0.05, 0.1) is 0 Å². The van der Waals surface area contributed by atoms with Crippen LogP contribution < -0.4 is 4.57 Å². The van der Waals surface area contributed by atoms with Crippen LogP contribution in [0.2, 0.25) is 0 Å². The molecule has 1 nitrogen and oxygen atoms in total. The Hall–Kier alpha value is -0.640. The van der Waals surface area contributed by atoms with Crippen molar-refractivity contribution in [1.82, 2.24) is 0 Å². The Labute approximate surface area is 146 Å². The molecule has 4 bridgehead atoms. The van der Waals surface area contributed by atoms with Crippen LogP contribution in [-0.2, 0) is 5.54 Å². The van der Waals surface area contributed by atoms with Gasteiger partial charge in [0.25, 0.3) is 0 Å². The quantitative estimate of drug-likeness (QED) is 0.383. The van der Waals surface area contributed by atoms with Gasteiger partial charge in [-0.2, -0.15) is 4.57 Å². The summed E-state index contributed by atoms with van der Waals surface area (Å²) in [6, 6.07) is 13.5. The Bertz CT molecular complexity index is 718. The van der Waals surface area contributed by atoms with E-state index in [1.165, 1.54) is 53.9 Å². The van der Waals surface area contributed by atoms with Crippen LogP contribution in [0.3, 0.4) is 0 Å². The number of benzene rings is 1. The van der Waals surface area contributed by atoms with E-state index >= 15 is 0 Å². The molecule has 4 fully saturated rings. The van der Waals surface area contributed by atoms with Crippen LogP contribution in [0, 0.1) is 17.3 Å². The van der Waals surface area contributed by atoms with Gasteiger partial charge in [0.1, 0.15) is 0 Å². The van der Waals surface area contributed by atoms with E-state index < -0.39 is 0 Å². The van der Waals surface area contributed by atoms with Gasteiger partial charge in [-0.1, -0.05) is 34.7 Å². The summed E-state index contributed by atoms with van der Waals surface area (Å²) in [6.07, 6.45) is 11.1. The highest BCUT2D eigenvalue weighted by Crippen LogP contribution is 2.63. The lowest BCUT2D eigenvalue weighted by atomic mass is 9.47. The van der Waals surface area contributed by atoms with E-state index in [0.29, 0.717) is 11.0 Å². The van der Waals surface area contributed by atoms with E-state index in [1.54, 1.807) is 0 Å². The zero-order valence-corrected chi connectivity index (χ0v) is 15.1. The smallest absolute Gasteiger partial charge is 0.193 e. The van der Waals surface area contributed by atoms with Crippen molar-refractivity contribution in [3.63, 3.8) is 0 Å². The second kappa shape index (κ2) is 4.68. The summed E-state index contributed by atoms with van der Waals surface area (Å²) in [5, 5.41) is 1.39. The van der Waals surface area contributed by atoms with Crippen molar-refractivity contribution in [1.29, 1.82) is 0 Å². The molecule has 0 radical (unpaired) electrons. The van der Waals surface area contributed by atoms with Crippen molar-refractivity contribution in [2.75, 3.05) is 4.43 Å². The summed E-state index contributed by atoms with van der Waals surface area (Å²) >= 11 is 2.67. The molecule has 0 saturated heterocycles. The number of aromatic nitrogens is 1. The van der Waals surface area contributed by atoms with Crippen molar-refractivity contribution >= 4 is 33.5 Å². The van der Waals surface area contributed by atoms with Gasteiger partial charge in [-0.05, 0) is 48.6 Å². The molecule has 2 aromatic rings. The fraction of sp³-hybridized carbons (Fsp3) is 0.550. The Morgan fingerprint density at radius 1 is 1.00 bits per heavy atom. The monoisotopic (exact) mass is 404 g/mol. The topological polar surface area (TPSA) is 3.88 Å². The number of halogens is 1. The van der Waals surface area contributed by atoms with Crippen LogP contribution in [0.15, 0.2) is 42.6 Å². The van der Waals surface area contributed by atoms with E-state index in [-0.39, 0.29) is 0 Å². The molecule has 0 aliphatic heterocycles. The number of hydrogen-bond donors (Lipinski definition) is 0. The number of rotatable bonds is 2. The van der Waals surface area contributed by atoms with E-state index in [1.807, 2.05) is 0 Å². The third-order valence-corrected chi connectivity index (χ3v) is 8.27. The summed E-state index contributed by atoms with van der Waals surface area (Å²) in [7, 11) is 0. The lowest BCUT2D eigenvalue weighted by molar-refractivity contribution is -0.756. The van der Waals surface area contributed by atoms with Gasteiger partial charge in [-0.15, -0.1) is 0 Å². The molecule has 4 saturated carbocycles. The number of hydrogen-bond acceptors (Lipinski definition) is 0. The molecular formula is C20H23IN+. The van der Waals surface area contributed by atoms with E-state index in [2.05, 4.69) is 69.8 Å². The summed E-state index contributed by atoms with van der Waals surface area (Å²) in [5.74, 6) is 1.95. The molecule has 0 unspecified atom stereocenters. The molecule has 0 amide bonds. The van der Waals surface area contributed by atoms with Gasteiger partial charge in [0, 0.05) is 41.2 Å². The third-order valence-electron chi connectivity index (χ3n) is 6.65. The fourth-order valence-electron chi connectivity index (χ4n) is 6.41. The molecule has 1 aromatic heterocycles. The molecule has 4 aliphatic rings. The standard InChI is InChI=1S/C20H23IN/c21-14-19-9-15-8-16(10-19)12-20(11-15,13-19)22-7-3-5-17-4-1-2-6-18(17)22/h1-7,15-16H,8-14H2/q+1/t15-,16-,19?,20?/m0/s1. The Morgan fingerprint density at radius 2 is 1.73 bits per heavy atom. The highest BCUT2D eigenvalue weighted by atomic mass is 127. The van der Waals surface area contributed by atoms with Crippen molar-refractivity contribution in [3.8, 4) is 0 Å². The van der Waals surface area contributed by atoms with Gasteiger partial charge >= 0.3 is 0 Å². The first-order valence-corrected chi connectivity index (χ1v) is 10.2. The lowest BCUT2D eigenvalue weighted by Crippen LogP contribution is -2.67. The van der Waals surface area contributed by atoms with Crippen LogP contribution in [-0.4, -0.2) is 4.43 Å². The zero-order valence-electron chi connectivity index (χ0n) is 13.0. The molecule has 6 rings (SSSR count). The normalized spacial score (nSPS) is 39.5. The molecule has 4 aliphatic carbocycles. The molecule has 0 N–H and O–H groups in total. The maximum absolute atomic E-state index is 2.68. The van der Waals surface area contributed by atoms with Crippen LogP contribution >= 0.6 is 22.6 Å². The van der Waals surface area contributed by atoms with Crippen LogP contribution in [0.25, 0.3) is 10.9 Å². The molecule has 0 spiro atoms. The predicted molar refractivity (Wildman–Crippen MR) is 98.1 cm³/mol. The number of fused-ring (bicyclic) bond motifs is 1. The number of para-hydroxylation sites is 1. The van der Waals surface area contributed by atoms with Crippen LogP contribution in [0.5, 0.6) is 0 Å². The number of nitrogens with zero attached hydrogens (tertiary/aromatic N) is 1. The molecule has 2 heteroatoms. The van der Waals surface area contributed by atoms with Gasteiger partial charge in [0.2, 0.25) is 5.52 Å². The maximum Gasteiger partial charge on any atom is 0.212 e. The average Bonchev–Trinajstić information content (AvgIpc) is 2.53. The van der Waals surface area contributed by atoms with Crippen LogP contribution in [0.1, 0.15) is 38.5 Å². The largest absolute Gasteiger partial charge is 0.212 e. The average molecular weight is 404 g/mol. The summed E-state index contributed by atoms with van der Waals surface area (Å²) in [6.45, 7) is 0. The first kappa shape index (κ1) is 13.8. The van der Waals surface area contributed by atoms with Crippen molar-refractivity contribution in [3.05, 3.63) is 42.6 Å². The predicted octanol–water partition coefficient (Wildman–Crippen LogP) is 4.86. The maximum atomic E-state index is 2.68. The molecular weight excluding hydrogens is 381 g/mol. The molecule has 22 heavy (non-hydrogen) atoms. The molecule has 1 heterocycles. The zero-order chi connectivity index (χ0) is 14.8. The number of alkyl halides is 1. The summed E-state index contributed by atoms with van der Waals surface area (Å²) in [5.41, 5.74) is 2.47. The van der Waals surface area contributed by atoms with Crippen LogP contribution in [0.4, 0.5) is 0 Å². The highest BCUT2D eigenvalue weighted by molar-refractivity contribution is 14.1. The Kier molecular flexibility index (Phi) is 2.93. The van der Waals surface area contributed by atoms with Gasteiger partial charge in [-0.25, -0.2) is 0 Å². The minimum atomic E-state index is 0.399. The van der Waals surface area contributed by atoms with Crippen molar-refractivity contribution < 1.29 is 4.57 Å². The second-order valence-electron chi connectivity index (χ2n) is 8.26. The minimum Gasteiger partial charge on any atom is -0.193 e. The number of pyridine rings is 1. The molecule has 2 atom stereocenters. The summed E-state index contributed by atoms with van der Waals surface area (Å²) in [4.78, 5) is 0. The minimum absolute atomic E-state index is 0.399. The second-order valence-corrected chi connectivity index (χ2v) is 9.02. The Balaban J connectivity index is 1.70. The van der Waals surface area contributed by atoms with Crippen molar-refractivity contribution in [2.24, 2.45) is 17.3 Å². The van der Waals surface area contributed by atoms with Gasteiger partial charge in [0.15, 0.2) is 11.7 Å². The Morgan fingerprint density at radius 3 is 2.50 bits per heavy atom. The highest BCUT2D eigenvalue weighted by Gasteiger charge is 2.62. The lowest BCUT2D eigenvalue weighted by Gasteiger charge is -2.58. The molecule has 114 valence electrons. The first-order chi connectivity index (χ1) is 10.7. The van der Waals surface area contributed by atoms with Gasteiger partial charge in [-0.3, -0.25) is 0 Å². The molecule has 1 aromatic carbocycles. The third kappa shape index (κ3) is 1.85. The van der Waals surface area contributed by atoms with E-state index in [0.717, 1.165) is 11.8 Å². The summed E-state index contributed by atoms with van der Waals surface area (Å²) < 4.78 is 4.03. The SMILES string of the molecule is ICC12C[C@@H]3C[C@@H](C1)CC([n+]1cccc4ccccc41)(C3)C2. The first-order valence-electron chi connectivity index (χ1n) is 8.68.